The van der Waals surface area contributed by atoms with Crippen LogP contribution >= 0.6 is 11.3 Å². The smallest absolute Gasteiger partial charge is 0.242 e. The molecule has 0 saturated heterocycles. The number of benzene rings is 2. The van der Waals surface area contributed by atoms with Crippen molar-refractivity contribution in [3.8, 4) is 5.75 Å². The molecule has 1 saturated carbocycles. The molecule has 0 N–H and O–H groups in total. The summed E-state index contributed by atoms with van der Waals surface area (Å²) in [4.78, 5) is 31.8. The molecule has 2 heterocycles. The minimum atomic E-state index is -0.144. The Morgan fingerprint density at radius 2 is 1.74 bits per heavy atom. The quantitative estimate of drug-likeness (QED) is 0.450. The lowest BCUT2D eigenvalue weighted by Gasteiger charge is -2.37. The van der Waals surface area contributed by atoms with E-state index in [0.29, 0.717) is 32.0 Å². The minimum Gasteiger partial charge on any atom is -0.491 e. The van der Waals surface area contributed by atoms with Crippen molar-refractivity contribution in [1.29, 1.82) is 0 Å². The number of hydrogen-bond donors (Lipinski definition) is 0. The molecule has 5 rings (SSSR count). The van der Waals surface area contributed by atoms with Gasteiger partial charge in [-0.2, -0.15) is 0 Å². The summed E-state index contributed by atoms with van der Waals surface area (Å²) >= 11 is 1.74. The second-order valence-corrected chi connectivity index (χ2v) is 10.2. The molecule has 6 heteroatoms. The van der Waals surface area contributed by atoms with Crippen molar-refractivity contribution in [3.05, 3.63) is 88.1 Å². The van der Waals surface area contributed by atoms with Crippen molar-refractivity contribution in [2.45, 2.75) is 31.7 Å². The van der Waals surface area contributed by atoms with Crippen molar-refractivity contribution in [3.63, 3.8) is 0 Å². The van der Waals surface area contributed by atoms with Gasteiger partial charge in [-0.15, -0.1) is 11.3 Å². The first kappa shape index (κ1) is 22.7. The molecule has 1 aliphatic carbocycles. The Kier molecular flexibility index (Phi) is 6.95. The van der Waals surface area contributed by atoms with Gasteiger partial charge in [0.25, 0.3) is 0 Å². The van der Waals surface area contributed by atoms with E-state index in [1.54, 1.807) is 16.2 Å². The molecular weight excluding hydrogens is 444 g/mol. The number of amides is 2. The lowest BCUT2D eigenvalue weighted by Crippen LogP contribution is -2.48. The maximum absolute atomic E-state index is 13.6. The summed E-state index contributed by atoms with van der Waals surface area (Å²) in [6, 6.07) is 21.5. The molecule has 1 aliphatic heterocycles. The molecule has 176 valence electrons. The summed E-state index contributed by atoms with van der Waals surface area (Å²) in [6.07, 6.45) is 3.45. The first-order valence-corrected chi connectivity index (χ1v) is 12.9. The number of para-hydroxylation sites is 1. The van der Waals surface area contributed by atoms with Gasteiger partial charge in [0.1, 0.15) is 12.4 Å². The Morgan fingerprint density at radius 1 is 1.00 bits per heavy atom. The van der Waals surface area contributed by atoms with Crippen LogP contribution in [0.15, 0.2) is 72.1 Å². The molecule has 0 radical (unpaired) electrons. The topological polar surface area (TPSA) is 49.9 Å². The fourth-order valence-corrected chi connectivity index (χ4v) is 5.50. The minimum absolute atomic E-state index is 0.000531. The SMILES string of the molecule is O=C(Cc1ccccc1)N(CC(=O)N1CCc2sccc2C1COc1ccccc1)CC1CC1. The highest BCUT2D eigenvalue weighted by molar-refractivity contribution is 7.10. The van der Waals surface area contributed by atoms with E-state index >= 15 is 0 Å². The summed E-state index contributed by atoms with van der Waals surface area (Å²) in [6.45, 7) is 1.85. The zero-order valence-corrected chi connectivity index (χ0v) is 20.1. The lowest BCUT2D eigenvalue weighted by molar-refractivity contribution is -0.142. The summed E-state index contributed by atoms with van der Waals surface area (Å²) in [7, 11) is 0. The zero-order chi connectivity index (χ0) is 23.3. The Bertz CT molecular complexity index is 1110. The van der Waals surface area contributed by atoms with Crippen LogP contribution in [0.2, 0.25) is 0 Å². The van der Waals surface area contributed by atoms with E-state index in [4.69, 9.17) is 4.74 Å². The van der Waals surface area contributed by atoms with Crippen molar-refractivity contribution >= 4 is 23.2 Å². The van der Waals surface area contributed by atoms with Gasteiger partial charge in [-0.3, -0.25) is 9.59 Å². The normalized spacial score (nSPS) is 17.2. The van der Waals surface area contributed by atoms with Crippen LogP contribution in [0.25, 0.3) is 0 Å². The molecule has 0 bridgehead atoms. The predicted molar refractivity (Wildman–Crippen MR) is 134 cm³/mol. The number of carbonyl (C=O) groups excluding carboxylic acids is 2. The summed E-state index contributed by atoms with van der Waals surface area (Å²) in [5, 5.41) is 2.09. The number of thiophene rings is 1. The monoisotopic (exact) mass is 474 g/mol. The summed E-state index contributed by atoms with van der Waals surface area (Å²) in [5.41, 5.74) is 2.15. The van der Waals surface area contributed by atoms with Crippen LogP contribution in [0.5, 0.6) is 5.75 Å². The maximum atomic E-state index is 13.6. The zero-order valence-electron chi connectivity index (χ0n) is 19.3. The highest BCUT2D eigenvalue weighted by Gasteiger charge is 2.35. The van der Waals surface area contributed by atoms with E-state index in [-0.39, 0.29) is 24.4 Å². The van der Waals surface area contributed by atoms with Crippen LogP contribution in [-0.2, 0) is 22.4 Å². The highest BCUT2D eigenvalue weighted by atomic mass is 32.1. The van der Waals surface area contributed by atoms with Gasteiger partial charge in [0.2, 0.25) is 11.8 Å². The summed E-state index contributed by atoms with van der Waals surface area (Å²) in [5.74, 6) is 1.34. The predicted octanol–water partition coefficient (Wildman–Crippen LogP) is 4.73. The molecule has 3 aromatic rings. The van der Waals surface area contributed by atoms with E-state index in [0.717, 1.165) is 30.6 Å². The number of hydrogen-bond acceptors (Lipinski definition) is 4. The van der Waals surface area contributed by atoms with Gasteiger partial charge in [-0.05, 0) is 59.9 Å². The second kappa shape index (κ2) is 10.4. The number of nitrogens with zero attached hydrogens (tertiary/aromatic N) is 2. The third kappa shape index (κ3) is 5.50. The van der Waals surface area contributed by atoms with Gasteiger partial charge in [-0.25, -0.2) is 0 Å². The van der Waals surface area contributed by atoms with E-state index < -0.39 is 0 Å². The first-order chi connectivity index (χ1) is 16.7. The van der Waals surface area contributed by atoms with E-state index in [1.165, 1.54) is 10.4 Å². The van der Waals surface area contributed by atoms with E-state index in [1.807, 2.05) is 65.6 Å². The van der Waals surface area contributed by atoms with Gasteiger partial charge in [0, 0.05) is 18.0 Å². The van der Waals surface area contributed by atoms with Gasteiger partial charge < -0.3 is 14.5 Å². The fourth-order valence-electron chi connectivity index (χ4n) is 4.57. The van der Waals surface area contributed by atoms with Crippen LogP contribution in [0.4, 0.5) is 0 Å². The lowest BCUT2D eigenvalue weighted by atomic mass is 10.0. The van der Waals surface area contributed by atoms with Gasteiger partial charge >= 0.3 is 0 Å². The van der Waals surface area contributed by atoms with E-state index in [2.05, 4.69) is 11.4 Å². The number of ether oxygens (including phenoxy) is 1. The maximum Gasteiger partial charge on any atom is 0.242 e. The molecule has 2 amide bonds. The molecule has 1 aromatic heterocycles. The standard InChI is InChI=1S/C28H30N2O3S/c31-27(17-21-7-3-1-4-8-21)29(18-22-11-12-22)19-28(32)30-15-13-26-24(14-16-34-26)25(30)20-33-23-9-5-2-6-10-23/h1-10,14,16,22,25H,11-13,15,17-20H2. The second-order valence-electron chi connectivity index (χ2n) is 9.16. The van der Waals surface area contributed by atoms with Crippen LogP contribution in [-0.4, -0.2) is 47.9 Å². The molecule has 0 spiro atoms. The van der Waals surface area contributed by atoms with Crippen molar-refractivity contribution in [2.24, 2.45) is 5.92 Å². The van der Waals surface area contributed by atoms with Crippen LogP contribution in [0.3, 0.4) is 0 Å². The molecule has 34 heavy (non-hydrogen) atoms. The van der Waals surface area contributed by atoms with Crippen LogP contribution < -0.4 is 4.74 Å². The Morgan fingerprint density at radius 3 is 2.47 bits per heavy atom. The van der Waals surface area contributed by atoms with Crippen molar-refractivity contribution in [1.82, 2.24) is 9.80 Å². The fraction of sp³-hybridized carbons (Fsp3) is 0.357. The molecule has 1 atom stereocenters. The summed E-state index contributed by atoms with van der Waals surface area (Å²) < 4.78 is 6.09. The first-order valence-electron chi connectivity index (χ1n) is 12.0. The van der Waals surface area contributed by atoms with Crippen LogP contribution in [0.1, 0.15) is 34.9 Å². The highest BCUT2D eigenvalue weighted by Crippen LogP contribution is 2.34. The molecule has 1 unspecified atom stereocenters. The van der Waals surface area contributed by atoms with Gasteiger partial charge in [0.15, 0.2) is 0 Å². The molecule has 5 nitrogen and oxygen atoms in total. The molecule has 2 aromatic carbocycles. The number of fused-ring (bicyclic) bond motifs is 1. The average molecular weight is 475 g/mol. The molecule has 2 aliphatic rings. The molecule has 1 fully saturated rings. The number of rotatable bonds is 9. The van der Waals surface area contributed by atoms with Gasteiger partial charge in [0.05, 0.1) is 19.0 Å². The Hall–Kier alpha value is -3.12. The Balaban J connectivity index is 1.30. The third-order valence-electron chi connectivity index (χ3n) is 6.62. The Labute approximate surface area is 205 Å². The van der Waals surface area contributed by atoms with Crippen molar-refractivity contribution in [2.75, 3.05) is 26.2 Å². The van der Waals surface area contributed by atoms with Crippen LogP contribution in [0, 0.1) is 5.92 Å². The van der Waals surface area contributed by atoms with E-state index in [9.17, 15) is 9.59 Å². The van der Waals surface area contributed by atoms with Crippen molar-refractivity contribution < 1.29 is 14.3 Å². The van der Waals surface area contributed by atoms with Gasteiger partial charge in [-0.1, -0.05) is 48.5 Å². The third-order valence-corrected chi connectivity index (χ3v) is 7.62. The number of carbonyl (C=O) groups is 2. The largest absolute Gasteiger partial charge is 0.491 e. The molecular formula is C28H30N2O3S. The average Bonchev–Trinajstić information content (AvgIpc) is 3.55.